The average Bonchev–Trinajstić information content (AvgIpc) is 1.62. The molecule has 50 valence electrons. The normalized spacial score (nSPS) is 15.9. The number of rotatable bonds is 2. The fourth-order valence-electron chi connectivity index (χ4n) is 0.104. The van der Waals surface area contributed by atoms with Crippen molar-refractivity contribution in [2.24, 2.45) is 5.14 Å². The van der Waals surface area contributed by atoms with Gasteiger partial charge in [0.15, 0.2) is 0 Å². The summed E-state index contributed by atoms with van der Waals surface area (Å²) in [4.78, 5) is 0. The molecule has 0 aromatic heterocycles. The Morgan fingerprint density at radius 3 is 2.12 bits per heavy atom. The molecule has 0 radical (unpaired) electrons. The van der Waals surface area contributed by atoms with Crippen molar-refractivity contribution in [3.8, 4) is 0 Å². The van der Waals surface area contributed by atoms with E-state index in [1.54, 1.807) is 0 Å². The predicted molar refractivity (Wildman–Crippen MR) is 29.7 cm³/mol. The topological polar surface area (TPSA) is 80.4 Å². The number of primary sulfonamides is 1. The van der Waals surface area contributed by atoms with Crippen LogP contribution in [0.3, 0.4) is 0 Å². The van der Waals surface area contributed by atoms with Crippen LogP contribution >= 0.6 is 0 Å². The minimum Gasteiger partial charge on any atom is -0.395 e. The number of nitrogens with two attached hydrogens (primary N) is 1. The lowest BCUT2D eigenvalue weighted by Gasteiger charge is -2.01. The molecule has 0 aliphatic carbocycles. The molecule has 0 heterocycles. The zero-order valence-electron chi connectivity index (χ0n) is 4.53. The lowest BCUT2D eigenvalue weighted by Crippen LogP contribution is -2.28. The molecule has 0 aliphatic rings. The third kappa shape index (κ3) is 2.25. The smallest absolute Gasteiger partial charge is 0.213 e. The molecule has 1 atom stereocenters. The number of hydrogen-bond acceptors (Lipinski definition) is 3. The Labute approximate surface area is 48.4 Å². The van der Waals surface area contributed by atoms with E-state index in [9.17, 15) is 8.42 Å². The predicted octanol–water partition coefficient (Wildman–Crippen LogP) is -1.34. The number of sulfonamides is 1. The van der Waals surface area contributed by atoms with Crippen LogP contribution in [0.5, 0.6) is 0 Å². The number of aliphatic hydroxyl groups excluding tert-OH is 1. The summed E-state index contributed by atoms with van der Waals surface area (Å²) in [5.74, 6) is 0. The van der Waals surface area contributed by atoms with Crippen molar-refractivity contribution in [3.05, 3.63) is 0 Å². The van der Waals surface area contributed by atoms with Gasteiger partial charge in [0.1, 0.15) is 0 Å². The Morgan fingerprint density at radius 1 is 1.75 bits per heavy atom. The second kappa shape index (κ2) is 2.43. The van der Waals surface area contributed by atoms with Crippen LogP contribution in [0, 0.1) is 0 Å². The molecule has 0 unspecified atom stereocenters. The maximum Gasteiger partial charge on any atom is 0.213 e. The van der Waals surface area contributed by atoms with Crippen molar-refractivity contribution in [2.75, 3.05) is 6.61 Å². The highest BCUT2D eigenvalue weighted by molar-refractivity contribution is 7.89. The van der Waals surface area contributed by atoms with Gasteiger partial charge in [-0.15, -0.1) is 0 Å². The summed E-state index contributed by atoms with van der Waals surface area (Å²) in [6.45, 7) is 0.925. The second-order valence-corrected chi connectivity index (χ2v) is 3.57. The maximum absolute atomic E-state index is 10.2. The monoisotopic (exact) mass is 139 g/mol. The van der Waals surface area contributed by atoms with Crippen LogP contribution in [0.25, 0.3) is 0 Å². The molecule has 3 N–H and O–H groups in total. The Bertz CT molecular complexity index is 150. The Hall–Kier alpha value is -0.130. The van der Waals surface area contributed by atoms with Gasteiger partial charge in [-0.05, 0) is 6.92 Å². The zero-order chi connectivity index (χ0) is 6.78. The number of aliphatic hydroxyl groups is 1. The van der Waals surface area contributed by atoms with Gasteiger partial charge in [0, 0.05) is 0 Å². The lowest BCUT2D eigenvalue weighted by molar-refractivity contribution is 0.295. The van der Waals surface area contributed by atoms with Gasteiger partial charge in [-0.3, -0.25) is 0 Å². The van der Waals surface area contributed by atoms with Gasteiger partial charge in [0.2, 0.25) is 10.0 Å². The van der Waals surface area contributed by atoms with Crippen molar-refractivity contribution in [1.82, 2.24) is 0 Å². The van der Waals surface area contributed by atoms with Gasteiger partial charge < -0.3 is 5.11 Å². The van der Waals surface area contributed by atoms with Crippen LogP contribution in [0.4, 0.5) is 0 Å². The summed E-state index contributed by atoms with van der Waals surface area (Å²) < 4.78 is 20.4. The van der Waals surface area contributed by atoms with E-state index in [0.29, 0.717) is 0 Å². The molecular weight excluding hydrogens is 130 g/mol. The molecule has 0 rings (SSSR count). The summed E-state index contributed by atoms with van der Waals surface area (Å²) in [5.41, 5.74) is 0. The fraction of sp³-hybridized carbons (Fsp3) is 1.00. The molecule has 0 aliphatic heterocycles. The Kier molecular flexibility index (Phi) is 2.39. The van der Waals surface area contributed by atoms with E-state index in [4.69, 9.17) is 5.11 Å². The second-order valence-electron chi connectivity index (χ2n) is 1.58. The van der Waals surface area contributed by atoms with Crippen molar-refractivity contribution >= 4 is 10.0 Å². The van der Waals surface area contributed by atoms with Crippen LogP contribution in [0.15, 0.2) is 0 Å². The minimum atomic E-state index is -3.50. The molecule has 0 aromatic rings. The molecule has 0 fully saturated rings. The first-order valence-corrected chi connectivity index (χ1v) is 3.72. The quantitative estimate of drug-likeness (QED) is 0.496. The zero-order valence-corrected chi connectivity index (χ0v) is 5.35. The molecule has 0 saturated heterocycles. The van der Waals surface area contributed by atoms with Gasteiger partial charge in [0.05, 0.1) is 11.9 Å². The largest absolute Gasteiger partial charge is 0.395 e. The summed E-state index contributed by atoms with van der Waals surface area (Å²) >= 11 is 0. The lowest BCUT2D eigenvalue weighted by atomic mass is 10.5. The van der Waals surface area contributed by atoms with Crippen LogP contribution in [0.1, 0.15) is 6.92 Å². The molecule has 0 spiro atoms. The van der Waals surface area contributed by atoms with Crippen LogP contribution in [-0.4, -0.2) is 25.4 Å². The summed E-state index contributed by atoms with van der Waals surface area (Å²) in [7, 11) is -3.50. The summed E-state index contributed by atoms with van der Waals surface area (Å²) in [5, 5.41) is 12.0. The van der Waals surface area contributed by atoms with E-state index in [0.717, 1.165) is 0 Å². The fourth-order valence-corrected chi connectivity index (χ4v) is 0.312. The van der Waals surface area contributed by atoms with Gasteiger partial charge in [-0.25, -0.2) is 13.6 Å². The molecule has 0 bridgehead atoms. The van der Waals surface area contributed by atoms with E-state index >= 15 is 0 Å². The molecule has 0 amide bonds. The number of hydrogen-bond donors (Lipinski definition) is 2. The van der Waals surface area contributed by atoms with Crippen LogP contribution in [-0.2, 0) is 10.0 Å². The van der Waals surface area contributed by atoms with E-state index in [-0.39, 0.29) is 0 Å². The summed E-state index contributed by atoms with van der Waals surface area (Å²) in [6, 6.07) is 0. The highest BCUT2D eigenvalue weighted by Gasteiger charge is 2.12. The average molecular weight is 139 g/mol. The van der Waals surface area contributed by atoms with Crippen molar-refractivity contribution in [3.63, 3.8) is 0 Å². The van der Waals surface area contributed by atoms with Crippen molar-refractivity contribution < 1.29 is 13.5 Å². The first-order chi connectivity index (χ1) is 3.48. The highest BCUT2D eigenvalue weighted by Crippen LogP contribution is 1.89. The highest BCUT2D eigenvalue weighted by atomic mass is 32.2. The SMILES string of the molecule is C[C@H](CO)S(N)(=O)=O. The third-order valence-electron chi connectivity index (χ3n) is 0.818. The first-order valence-electron chi connectivity index (χ1n) is 2.11. The standard InChI is InChI=1S/C3H9NO3S/c1-3(2-5)8(4,6)7/h3,5H,2H2,1H3,(H2,4,6,7)/t3-/m1/s1. The summed E-state index contributed by atoms with van der Waals surface area (Å²) in [6.07, 6.45) is 0. The van der Waals surface area contributed by atoms with Crippen LogP contribution < -0.4 is 5.14 Å². The molecule has 5 heteroatoms. The first kappa shape index (κ1) is 7.87. The molecule has 0 saturated carbocycles. The minimum absolute atomic E-state index is 0.418. The van der Waals surface area contributed by atoms with Crippen molar-refractivity contribution in [2.45, 2.75) is 12.2 Å². The van der Waals surface area contributed by atoms with Gasteiger partial charge in [-0.1, -0.05) is 0 Å². The third-order valence-corrected chi connectivity index (χ3v) is 2.09. The van der Waals surface area contributed by atoms with E-state index in [2.05, 4.69) is 5.14 Å². The van der Waals surface area contributed by atoms with E-state index in [1.807, 2.05) is 0 Å². The van der Waals surface area contributed by atoms with Gasteiger partial charge in [-0.2, -0.15) is 0 Å². The maximum atomic E-state index is 10.2. The Morgan fingerprint density at radius 2 is 2.12 bits per heavy atom. The van der Waals surface area contributed by atoms with E-state index in [1.165, 1.54) is 6.92 Å². The van der Waals surface area contributed by atoms with E-state index < -0.39 is 21.9 Å². The molecule has 0 aromatic carbocycles. The van der Waals surface area contributed by atoms with Gasteiger partial charge in [0.25, 0.3) is 0 Å². The van der Waals surface area contributed by atoms with Crippen molar-refractivity contribution in [1.29, 1.82) is 0 Å². The molecule has 4 nitrogen and oxygen atoms in total. The van der Waals surface area contributed by atoms with Crippen LogP contribution in [0.2, 0.25) is 0 Å². The Balaban J connectivity index is 4.04. The molecular formula is C3H9NO3S. The van der Waals surface area contributed by atoms with Gasteiger partial charge >= 0.3 is 0 Å². The molecule has 8 heavy (non-hydrogen) atoms.